The Balaban J connectivity index is 1.42. The Morgan fingerprint density at radius 2 is 1.58 bits per heavy atom. The zero-order valence-electron chi connectivity index (χ0n) is 18.1. The number of amides is 2. The van der Waals surface area contributed by atoms with Crippen LogP contribution in [0.3, 0.4) is 0 Å². The molecule has 0 aliphatic heterocycles. The number of rotatable bonds is 7. The SMILES string of the molecule is CNC(=O)c1cccc(C[C@H](NC(=O)OCC2c3ccccc3-c3ccccc32)C(=O)O)c1. The molecule has 0 saturated heterocycles. The molecule has 0 heterocycles. The van der Waals surface area contributed by atoms with Gasteiger partial charge in [-0.3, -0.25) is 4.79 Å². The van der Waals surface area contributed by atoms with E-state index in [2.05, 4.69) is 10.6 Å². The molecular weight excluding hydrogens is 420 g/mol. The van der Waals surface area contributed by atoms with Gasteiger partial charge in [0.1, 0.15) is 12.6 Å². The normalized spacial score (nSPS) is 12.9. The Hall–Kier alpha value is -4.13. The van der Waals surface area contributed by atoms with Crippen LogP contribution in [0, 0.1) is 0 Å². The summed E-state index contributed by atoms with van der Waals surface area (Å²) in [4.78, 5) is 36.1. The van der Waals surface area contributed by atoms with Crippen molar-refractivity contribution in [1.82, 2.24) is 10.6 Å². The third-order valence-electron chi connectivity index (χ3n) is 5.79. The molecule has 0 saturated carbocycles. The highest BCUT2D eigenvalue weighted by atomic mass is 16.5. The van der Waals surface area contributed by atoms with Crippen LogP contribution in [-0.4, -0.2) is 42.8 Å². The number of carbonyl (C=O) groups is 3. The second-order valence-corrected chi connectivity index (χ2v) is 7.84. The first-order chi connectivity index (χ1) is 16.0. The van der Waals surface area contributed by atoms with Crippen LogP contribution in [0.5, 0.6) is 0 Å². The van der Waals surface area contributed by atoms with Crippen molar-refractivity contribution >= 4 is 18.0 Å². The predicted octanol–water partition coefficient (Wildman–Crippen LogP) is 3.58. The largest absolute Gasteiger partial charge is 0.480 e. The Morgan fingerprint density at radius 1 is 0.939 bits per heavy atom. The third-order valence-corrected chi connectivity index (χ3v) is 5.79. The molecule has 0 fully saturated rings. The van der Waals surface area contributed by atoms with Gasteiger partial charge in [-0.1, -0.05) is 60.7 Å². The molecule has 4 rings (SSSR count). The molecule has 0 bridgehead atoms. The molecule has 3 N–H and O–H groups in total. The van der Waals surface area contributed by atoms with E-state index in [0.717, 1.165) is 22.3 Å². The number of carboxylic acids is 1. The molecular formula is C26H24N2O5. The standard InChI is InChI=1S/C26H24N2O5/c1-27-24(29)17-8-6-7-16(13-17)14-23(25(30)31)28-26(32)33-15-22-20-11-4-2-9-18(20)19-10-3-5-12-21(19)22/h2-13,22-23H,14-15H2,1H3,(H,27,29)(H,28,32)(H,30,31)/t23-/m0/s1. The summed E-state index contributed by atoms with van der Waals surface area (Å²) in [5.74, 6) is -1.57. The average molecular weight is 444 g/mol. The van der Waals surface area contributed by atoms with E-state index < -0.39 is 18.1 Å². The molecule has 7 nitrogen and oxygen atoms in total. The van der Waals surface area contributed by atoms with Crippen LogP contribution >= 0.6 is 0 Å². The number of ether oxygens (including phenoxy) is 1. The van der Waals surface area contributed by atoms with E-state index >= 15 is 0 Å². The minimum atomic E-state index is -1.19. The Morgan fingerprint density at radius 3 is 2.18 bits per heavy atom. The van der Waals surface area contributed by atoms with Crippen LogP contribution in [0.25, 0.3) is 11.1 Å². The summed E-state index contributed by atoms with van der Waals surface area (Å²) in [5, 5.41) is 14.6. The fourth-order valence-electron chi connectivity index (χ4n) is 4.20. The monoisotopic (exact) mass is 444 g/mol. The van der Waals surface area contributed by atoms with Crippen LogP contribution in [0.4, 0.5) is 4.79 Å². The number of carboxylic acid groups (broad SMARTS) is 1. The third kappa shape index (κ3) is 4.72. The lowest BCUT2D eigenvalue weighted by molar-refractivity contribution is -0.139. The summed E-state index contributed by atoms with van der Waals surface area (Å²) in [6, 6.07) is 21.4. The highest BCUT2D eigenvalue weighted by Crippen LogP contribution is 2.44. The van der Waals surface area contributed by atoms with Crippen molar-refractivity contribution in [3.05, 3.63) is 95.1 Å². The van der Waals surface area contributed by atoms with Gasteiger partial charge in [0.05, 0.1) is 0 Å². The van der Waals surface area contributed by atoms with Crippen molar-refractivity contribution in [1.29, 1.82) is 0 Å². The van der Waals surface area contributed by atoms with Crippen molar-refractivity contribution < 1.29 is 24.2 Å². The van der Waals surface area contributed by atoms with Gasteiger partial charge >= 0.3 is 12.1 Å². The first kappa shape index (κ1) is 22.1. The fourth-order valence-corrected chi connectivity index (χ4v) is 4.20. The fraction of sp³-hybridized carbons (Fsp3) is 0.192. The zero-order valence-corrected chi connectivity index (χ0v) is 18.1. The van der Waals surface area contributed by atoms with E-state index in [0.29, 0.717) is 11.1 Å². The minimum absolute atomic E-state index is 0.0182. The molecule has 3 aromatic carbocycles. The second kappa shape index (κ2) is 9.56. The molecule has 168 valence electrons. The topological polar surface area (TPSA) is 105 Å². The van der Waals surface area contributed by atoms with Crippen molar-refractivity contribution in [3.8, 4) is 11.1 Å². The van der Waals surface area contributed by atoms with E-state index in [1.807, 2.05) is 48.5 Å². The van der Waals surface area contributed by atoms with Crippen LogP contribution in [-0.2, 0) is 16.0 Å². The number of carbonyl (C=O) groups excluding carboxylic acids is 2. The molecule has 33 heavy (non-hydrogen) atoms. The van der Waals surface area contributed by atoms with E-state index in [1.165, 1.54) is 7.05 Å². The van der Waals surface area contributed by atoms with Crippen molar-refractivity contribution in [2.45, 2.75) is 18.4 Å². The first-order valence-corrected chi connectivity index (χ1v) is 10.6. The summed E-state index contributed by atoms with van der Waals surface area (Å²) in [5.41, 5.74) is 5.41. The number of nitrogens with one attached hydrogen (secondary N) is 2. The summed E-state index contributed by atoms with van der Waals surface area (Å²) >= 11 is 0. The maximum Gasteiger partial charge on any atom is 0.407 e. The summed E-state index contributed by atoms with van der Waals surface area (Å²) in [6.07, 6.45) is -0.781. The van der Waals surface area contributed by atoms with Gasteiger partial charge in [-0.25, -0.2) is 9.59 Å². The number of hydrogen-bond donors (Lipinski definition) is 3. The Labute approximate surface area is 191 Å². The van der Waals surface area contributed by atoms with Gasteiger partial charge in [0.25, 0.3) is 5.91 Å². The Bertz CT molecular complexity index is 1160. The highest BCUT2D eigenvalue weighted by molar-refractivity contribution is 5.94. The maximum atomic E-state index is 12.5. The highest BCUT2D eigenvalue weighted by Gasteiger charge is 2.29. The lowest BCUT2D eigenvalue weighted by atomic mass is 9.98. The molecule has 7 heteroatoms. The zero-order chi connectivity index (χ0) is 23.4. The van der Waals surface area contributed by atoms with Gasteiger partial charge in [0, 0.05) is 24.9 Å². The maximum absolute atomic E-state index is 12.5. The van der Waals surface area contributed by atoms with E-state index in [-0.39, 0.29) is 24.9 Å². The van der Waals surface area contributed by atoms with Gasteiger partial charge in [0.15, 0.2) is 0 Å². The predicted molar refractivity (Wildman–Crippen MR) is 123 cm³/mol. The van der Waals surface area contributed by atoms with Crippen LogP contribution < -0.4 is 10.6 Å². The van der Waals surface area contributed by atoms with Crippen molar-refractivity contribution in [2.75, 3.05) is 13.7 Å². The van der Waals surface area contributed by atoms with Crippen LogP contribution in [0.1, 0.15) is 33.0 Å². The van der Waals surface area contributed by atoms with Gasteiger partial charge in [0.2, 0.25) is 0 Å². The lowest BCUT2D eigenvalue weighted by Crippen LogP contribution is -2.43. The van der Waals surface area contributed by atoms with Crippen LogP contribution in [0.2, 0.25) is 0 Å². The minimum Gasteiger partial charge on any atom is -0.480 e. The number of aliphatic carboxylic acids is 1. The van der Waals surface area contributed by atoms with E-state index in [4.69, 9.17) is 4.74 Å². The first-order valence-electron chi connectivity index (χ1n) is 10.6. The molecule has 2 amide bonds. The summed E-state index contributed by atoms with van der Waals surface area (Å²) in [7, 11) is 1.52. The molecule has 1 atom stereocenters. The summed E-state index contributed by atoms with van der Waals surface area (Å²) < 4.78 is 5.46. The smallest absolute Gasteiger partial charge is 0.407 e. The van der Waals surface area contributed by atoms with Gasteiger partial charge in [-0.2, -0.15) is 0 Å². The molecule has 0 radical (unpaired) electrons. The second-order valence-electron chi connectivity index (χ2n) is 7.84. The number of fused-ring (bicyclic) bond motifs is 3. The number of hydrogen-bond acceptors (Lipinski definition) is 4. The van der Waals surface area contributed by atoms with Crippen LogP contribution in [0.15, 0.2) is 72.8 Å². The average Bonchev–Trinajstić information content (AvgIpc) is 3.15. The number of benzene rings is 3. The molecule has 0 aromatic heterocycles. The van der Waals surface area contributed by atoms with Gasteiger partial charge < -0.3 is 20.5 Å². The van der Waals surface area contributed by atoms with E-state index in [1.54, 1.807) is 24.3 Å². The molecule has 3 aromatic rings. The lowest BCUT2D eigenvalue weighted by Gasteiger charge is -2.18. The van der Waals surface area contributed by atoms with Gasteiger partial charge in [-0.15, -0.1) is 0 Å². The molecule has 1 aliphatic rings. The summed E-state index contributed by atoms with van der Waals surface area (Å²) in [6.45, 7) is 0.0956. The molecule has 0 spiro atoms. The van der Waals surface area contributed by atoms with Crippen molar-refractivity contribution in [3.63, 3.8) is 0 Å². The molecule has 1 aliphatic carbocycles. The van der Waals surface area contributed by atoms with Gasteiger partial charge in [-0.05, 0) is 39.9 Å². The number of alkyl carbamates (subject to hydrolysis) is 1. The Kier molecular flexibility index (Phi) is 6.40. The quantitative estimate of drug-likeness (QED) is 0.517. The van der Waals surface area contributed by atoms with Crippen molar-refractivity contribution in [2.24, 2.45) is 0 Å². The van der Waals surface area contributed by atoms with E-state index in [9.17, 15) is 19.5 Å². The molecule has 0 unspecified atom stereocenters.